The maximum atomic E-state index is 11.8. The molecule has 1 rings (SSSR count). The van der Waals surface area contributed by atoms with Gasteiger partial charge in [0.1, 0.15) is 0 Å². The predicted octanol–water partition coefficient (Wildman–Crippen LogP) is 4.14. The summed E-state index contributed by atoms with van der Waals surface area (Å²) in [5, 5.41) is 0. The average Bonchev–Trinajstić information content (AvgIpc) is 2.28. The van der Waals surface area contributed by atoms with Gasteiger partial charge in [-0.1, -0.05) is 18.2 Å². The summed E-state index contributed by atoms with van der Waals surface area (Å²) in [6, 6.07) is 9.83. The minimum atomic E-state index is -4.07. The Kier molecular flexibility index (Phi) is 6.44. The molecule has 0 spiro atoms. The highest BCUT2D eigenvalue weighted by Crippen LogP contribution is 2.21. The summed E-state index contributed by atoms with van der Waals surface area (Å²) in [5.41, 5.74) is 0. The van der Waals surface area contributed by atoms with Gasteiger partial charge in [0, 0.05) is 23.7 Å². The minimum Gasteiger partial charge on any atom is -0.381 e. The molecule has 0 aliphatic heterocycles. The summed E-state index contributed by atoms with van der Waals surface area (Å²) in [4.78, 5) is 1.14. The smallest absolute Gasteiger partial charge is 0.381 e. The van der Waals surface area contributed by atoms with Crippen LogP contribution in [-0.4, -0.2) is 25.1 Å². The second-order valence-electron chi connectivity index (χ2n) is 3.49. The van der Waals surface area contributed by atoms with Crippen molar-refractivity contribution in [3.63, 3.8) is 0 Å². The topological polar surface area (TPSA) is 9.23 Å². The number of thioether (sulfide) groups is 1. The fourth-order valence-corrected chi connectivity index (χ4v) is 2.00. The van der Waals surface area contributed by atoms with Crippen LogP contribution < -0.4 is 0 Å². The molecule has 0 bridgehead atoms. The molecule has 0 fully saturated rings. The molecule has 0 aliphatic carbocycles. The quantitative estimate of drug-likeness (QED) is 0.541. The van der Waals surface area contributed by atoms with Crippen molar-refractivity contribution in [3.05, 3.63) is 30.3 Å². The number of hydrogen-bond acceptors (Lipinski definition) is 2. The van der Waals surface area contributed by atoms with Crippen molar-refractivity contribution in [2.75, 3.05) is 19.0 Å². The van der Waals surface area contributed by atoms with Crippen molar-refractivity contribution >= 4 is 11.8 Å². The molecule has 1 aromatic rings. The number of rotatable bonds is 7. The third-order valence-electron chi connectivity index (χ3n) is 1.99. The molecule has 0 radical (unpaired) electrons. The highest BCUT2D eigenvalue weighted by Gasteiger charge is 2.25. The third-order valence-corrected chi connectivity index (χ3v) is 2.96. The summed E-state index contributed by atoms with van der Waals surface area (Å²) < 4.78 is 40.5. The predicted molar refractivity (Wildman–Crippen MR) is 63.3 cm³/mol. The second-order valence-corrected chi connectivity index (χ2v) is 4.66. The maximum absolute atomic E-state index is 11.8. The van der Waals surface area contributed by atoms with Crippen molar-refractivity contribution in [1.82, 2.24) is 0 Å². The fraction of sp³-hybridized carbons (Fsp3) is 0.500. The van der Waals surface area contributed by atoms with Gasteiger partial charge in [0.25, 0.3) is 0 Å². The zero-order chi connectivity index (χ0) is 12.6. The van der Waals surface area contributed by atoms with Crippen LogP contribution in [0.2, 0.25) is 0 Å². The standard InChI is InChI=1S/C12H15F3OS/c13-12(14,15)7-4-8-16-9-10-17-11-5-2-1-3-6-11/h1-3,5-6H,4,7-10H2. The fourth-order valence-electron chi connectivity index (χ4n) is 1.21. The van der Waals surface area contributed by atoms with Crippen LogP contribution in [0.25, 0.3) is 0 Å². The molecule has 17 heavy (non-hydrogen) atoms. The number of alkyl halides is 3. The van der Waals surface area contributed by atoms with Gasteiger partial charge < -0.3 is 4.74 Å². The molecule has 0 amide bonds. The second kappa shape index (κ2) is 7.61. The molecule has 0 saturated heterocycles. The van der Waals surface area contributed by atoms with E-state index in [9.17, 15) is 13.2 Å². The van der Waals surface area contributed by atoms with Crippen LogP contribution in [0, 0.1) is 0 Å². The largest absolute Gasteiger partial charge is 0.389 e. The summed E-state index contributed by atoms with van der Waals surface area (Å²) >= 11 is 1.64. The van der Waals surface area contributed by atoms with E-state index < -0.39 is 12.6 Å². The third kappa shape index (κ3) is 8.10. The normalized spacial score (nSPS) is 11.7. The van der Waals surface area contributed by atoms with E-state index in [-0.39, 0.29) is 13.0 Å². The van der Waals surface area contributed by atoms with E-state index in [1.807, 2.05) is 30.3 Å². The molecule has 0 saturated carbocycles. The lowest BCUT2D eigenvalue weighted by molar-refractivity contribution is -0.137. The monoisotopic (exact) mass is 264 g/mol. The molecule has 0 aromatic heterocycles. The van der Waals surface area contributed by atoms with E-state index in [0.29, 0.717) is 6.61 Å². The van der Waals surface area contributed by atoms with Gasteiger partial charge in [-0.05, 0) is 18.6 Å². The van der Waals surface area contributed by atoms with E-state index in [2.05, 4.69) is 0 Å². The SMILES string of the molecule is FC(F)(F)CCCOCCSc1ccccc1. The number of benzene rings is 1. The summed E-state index contributed by atoms with van der Waals surface area (Å²) in [6.07, 6.45) is -4.79. The number of halogens is 3. The average molecular weight is 264 g/mol. The van der Waals surface area contributed by atoms with Crippen molar-refractivity contribution in [2.24, 2.45) is 0 Å². The Morgan fingerprint density at radius 2 is 1.76 bits per heavy atom. The van der Waals surface area contributed by atoms with Gasteiger partial charge in [-0.2, -0.15) is 13.2 Å². The van der Waals surface area contributed by atoms with Crippen molar-refractivity contribution < 1.29 is 17.9 Å². The van der Waals surface area contributed by atoms with E-state index >= 15 is 0 Å². The minimum absolute atomic E-state index is 0.0412. The molecule has 0 atom stereocenters. The van der Waals surface area contributed by atoms with Gasteiger partial charge >= 0.3 is 6.18 Å². The van der Waals surface area contributed by atoms with E-state index in [4.69, 9.17) is 4.74 Å². The molecule has 0 N–H and O–H groups in total. The van der Waals surface area contributed by atoms with Crippen molar-refractivity contribution in [1.29, 1.82) is 0 Å². The summed E-state index contributed by atoms with van der Waals surface area (Å²) in [6.45, 7) is 0.659. The van der Waals surface area contributed by atoms with Crippen LogP contribution in [0.15, 0.2) is 35.2 Å². The zero-order valence-electron chi connectivity index (χ0n) is 9.37. The first-order chi connectivity index (χ1) is 8.08. The Morgan fingerprint density at radius 1 is 1.06 bits per heavy atom. The highest BCUT2D eigenvalue weighted by molar-refractivity contribution is 7.99. The van der Waals surface area contributed by atoms with Crippen LogP contribution in [0.1, 0.15) is 12.8 Å². The Balaban J connectivity index is 1.95. The molecular weight excluding hydrogens is 249 g/mol. The van der Waals surface area contributed by atoms with Gasteiger partial charge in [-0.25, -0.2) is 0 Å². The van der Waals surface area contributed by atoms with Crippen LogP contribution in [-0.2, 0) is 4.74 Å². The maximum Gasteiger partial charge on any atom is 0.389 e. The Labute approximate surface area is 103 Å². The number of hydrogen-bond donors (Lipinski definition) is 0. The van der Waals surface area contributed by atoms with Gasteiger partial charge in [0.2, 0.25) is 0 Å². The molecule has 1 nitrogen and oxygen atoms in total. The lowest BCUT2D eigenvalue weighted by Crippen LogP contribution is -2.09. The zero-order valence-corrected chi connectivity index (χ0v) is 10.2. The van der Waals surface area contributed by atoms with Gasteiger partial charge in [-0.15, -0.1) is 11.8 Å². The van der Waals surface area contributed by atoms with Gasteiger partial charge in [-0.3, -0.25) is 0 Å². The van der Waals surface area contributed by atoms with Crippen LogP contribution in [0.5, 0.6) is 0 Å². The van der Waals surface area contributed by atoms with Crippen LogP contribution in [0.4, 0.5) is 13.2 Å². The van der Waals surface area contributed by atoms with Crippen LogP contribution in [0.3, 0.4) is 0 Å². The molecule has 0 aliphatic rings. The Morgan fingerprint density at radius 3 is 2.41 bits per heavy atom. The van der Waals surface area contributed by atoms with Crippen molar-refractivity contribution in [2.45, 2.75) is 23.9 Å². The molecule has 96 valence electrons. The van der Waals surface area contributed by atoms with E-state index in [0.717, 1.165) is 10.6 Å². The van der Waals surface area contributed by atoms with E-state index in [1.54, 1.807) is 11.8 Å². The molecule has 0 unspecified atom stereocenters. The lowest BCUT2D eigenvalue weighted by Gasteiger charge is -2.06. The molecule has 1 aromatic carbocycles. The Hall–Kier alpha value is -0.680. The first-order valence-electron chi connectivity index (χ1n) is 5.40. The van der Waals surface area contributed by atoms with Crippen molar-refractivity contribution in [3.8, 4) is 0 Å². The van der Waals surface area contributed by atoms with E-state index in [1.165, 1.54) is 0 Å². The highest BCUT2D eigenvalue weighted by atomic mass is 32.2. The Bertz CT molecular complexity index is 300. The first kappa shape index (κ1) is 14.4. The molecular formula is C12H15F3OS. The number of ether oxygens (including phenoxy) is 1. The summed E-state index contributed by atoms with van der Waals surface area (Å²) in [5.74, 6) is 0.760. The van der Waals surface area contributed by atoms with Crippen LogP contribution >= 0.6 is 11.8 Å². The van der Waals surface area contributed by atoms with Gasteiger partial charge in [0.15, 0.2) is 0 Å². The summed E-state index contributed by atoms with van der Waals surface area (Å²) in [7, 11) is 0. The molecule has 5 heteroatoms. The molecule has 0 heterocycles. The lowest BCUT2D eigenvalue weighted by atomic mass is 10.3. The first-order valence-corrected chi connectivity index (χ1v) is 6.39. The van der Waals surface area contributed by atoms with Gasteiger partial charge in [0.05, 0.1) is 6.61 Å².